The molecule has 3 nitrogen and oxygen atoms in total. The first-order valence-corrected chi connectivity index (χ1v) is 4.09. The molecule has 0 aromatic rings. The van der Waals surface area contributed by atoms with Crippen molar-refractivity contribution in [3.63, 3.8) is 0 Å². The van der Waals surface area contributed by atoms with Crippen LogP contribution in [-0.4, -0.2) is 17.7 Å². The molecule has 0 aromatic heterocycles. The van der Waals surface area contributed by atoms with Crippen molar-refractivity contribution < 1.29 is 9.59 Å². The number of amides is 1. The van der Waals surface area contributed by atoms with E-state index >= 15 is 0 Å². The van der Waals surface area contributed by atoms with E-state index in [0.717, 1.165) is 19.3 Å². The van der Waals surface area contributed by atoms with Crippen LogP contribution in [0.4, 0.5) is 0 Å². The van der Waals surface area contributed by atoms with Gasteiger partial charge in [0.1, 0.15) is 5.78 Å². The average Bonchev–Trinajstić information content (AvgIpc) is 2.29. The Bertz CT molecular complexity index is 204. The fourth-order valence-electron chi connectivity index (χ4n) is 1.90. The van der Waals surface area contributed by atoms with Crippen LogP contribution in [-0.2, 0) is 9.59 Å². The van der Waals surface area contributed by atoms with Crippen LogP contribution >= 0.6 is 0 Å². The van der Waals surface area contributed by atoms with Crippen LogP contribution in [0.1, 0.15) is 25.7 Å². The minimum Gasteiger partial charge on any atom is -0.352 e. The molecule has 0 radical (unpaired) electrons. The number of carbonyl (C=O) groups excluding carboxylic acids is 2. The first kappa shape index (κ1) is 6.83. The normalized spacial score (nSPS) is 36.7. The summed E-state index contributed by atoms with van der Waals surface area (Å²) < 4.78 is 0. The molecule has 2 rings (SSSR count). The third-order valence-electron chi connectivity index (χ3n) is 2.59. The first-order chi connectivity index (χ1) is 5.27. The summed E-state index contributed by atoms with van der Waals surface area (Å²) in [4.78, 5) is 21.7. The van der Waals surface area contributed by atoms with E-state index in [1.165, 1.54) is 0 Å². The lowest BCUT2D eigenvalue weighted by atomic mass is 9.89. The lowest BCUT2D eigenvalue weighted by Crippen LogP contribution is -2.53. The number of hydrogen-bond acceptors (Lipinski definition) is 2. The molecule has 1 aliphatic carbocycles. The maximum Gasteiger partial charge on any atom is 0.222 e. The Morgan fingerprint density at radius 2 is 2.09 bits per heavy atom. The second-order valence-corrected chi connectivity index (χ2v) is 3.34. The topological polar surface area (TPSA) is 46.2 Å². The predicted octanol–water partition coefficient (Wildman–Crippen LogP) is 0.244. The van der Waals surface area contributed by atoms with Crippen LogP contribution in [0.15, 0.2) is 0 Å². The quantitative estimate of drug-likeness (QED) is 0.549. The van der Waals surface area contributed by atoms with Gasteiger partial charge in [0.05, 0.1) is 0 Å². The van der Waals surface area contributed by atoms with Gasteiger partial charge >= 0.3 is 0 Å². The molecule has 60 valence electrons. The number of ketones is 1. The largest absolute Gasteiger partial charge is 0.352 e. The molecule has 0 bridgehead atoms. The number of nitrogens with one attached hydrogen (secondary N) is 1. The molecule has 1 amide bonds. The summed E-state index contributed by atoms with van der Waals surface area (Å²) in [6.07, 6.45) is 3.27. The van der Waals surface area contributed by atoms with Crippen molar-refractivity contribution in [1.82, 2.24) is 5.32 Å². The van der Waals surface area contributed by atoms with Crippen LogP contribution in [0, 0.1) is 5.92 Å². The highest BCUT2D eigenvalue weighted by atomic mass is 16.2. The molecule has 1 aliphatic heterocycles. The zero-order chi connectivity index (χ0) is 7.84. The molecule has 0 aromatic carbocycles. The van der Waals surface area contributed by atoms with Crippen molar-refractivity contribution in [2.24, 2.45) is 5.92 Å². The lowest BCUT2D eigenvalue weighted by molar-refractivity contribution is -0.131. The van der Waals surface area contributed by atoms with Crippen molar-refractivity contribution in [1.29, 1.82) is 0 Å². The van der Waals surface area contributed by atoms with Gasteiger partial charge in [-0.05, 0) is 12.8 Å². The third-order valence-corrected chi connectivity index (χ3v) is 2.59. The van der Waals surface area contributed by atoms with E-state index in [2.05, 4.69) is 5.32 Å². The Labute approximate surface area is 65.2 Å². The van der Waals surface area contributed by atoms with Gasteiger partial charge in [-0.2, -0.15) is 0 Å². The van der Waals surface area contributed by atoms with Crippen LogP contribution < -0.4 is 5.32 Å². The van der Waals surface area contributed by atoms with E-state index in [-0.39, 0.29) is 17.9 Å². The highest BCUT2D eigenvalue weighted by Crippen LogP contribution is 2.28. The van der Waals surface area contributed by atoms with E-state index < -0.39 is 0 Å². The van der Waals surface area contributed by atoms with Gasteiger partial charge in [-0.25, -0.2) is 0 Å². The molecule has 2 atom stereocenters. The summed E-state index contributed by atoms with van der Waals surface area (Å²) in [5, 5.41) is 2.76. The Kier molecular flexibility index (Phi) is 1.44. The first-order valence-electron chi connectivity index (χ1n) is 4.09. The van der Waals surface area contributed by atoms with Crippen molar-refractivity contribution in [3.05, 3.63) is 0 Å². The van der Waals surface area contributed by atoms with Crippen LogP contribution in [0.25, 0.3) is 0 Å². The molecule has 0 spiro atoms. The van der Waals surface area contributed by atoms with E-state index in [1.54, 1.807) is 0 Å². The molecule has 1 saturated carbocycles. The van der Waals surface area contributed by atoms with Crippen LogP contribution in [0.3, 0.4) is 0 Å². The van der Waals surface area contributed by atoms with Crippen LogP contribution in [0.2, 0.25) is 0 Å². The maximum atomic E-state index is 11.2. The minimum absolute atomic E-state index is 0.0923. The zero-order valence-electron chi connectivity index (χ0n) is 6.30. The molecule has 2 fully saturated rings. The van der Waals surface area contributed by atoms with Gasteiger partial charge in [-0.15, -0.1) is 0 Å². The molecule has 3 heteroatoms. The monoisotopic (exact) mass is 153 g/mol. The summed E-state index contributed by atoms with van der Waals surface area (Å²) in [6.45, 7) is 0. The molecule has 2 unspecified atom stereocenters. The molecular weight excluding hydrogens is 142 g/mol. The molecule has 11 heavy (non-hydrogen) atoms. The highest BCUT2D eigenvalue weighted by Gasteiger charge is 2.38. The number of rotatable bonds is 1. The van der Waals surface area contributed by atoms with Crippen molar-refractivity contribution >= 4 is 11.7 Å². The molecule has 1 N–H and O–H groups in total. The summed E-state index contributed by atoms with van der Waals surface area (Å²) in [5.74, 6) is 0.581. The molecule has 1 heterocycles. The summed E-state index contributed by atoms with van der Waals surface area (Å²) in [6, 6.07) is 0.178. The highest BCUT2D eigenvalue weighted by molar-refractivity contribution is 5.89. The van der Waals surface area contributed by atoms with Crippen molar-refractivity contribution in [2.45, 2.75) is 31.7 Å². The lowest BCUT2D eigenvalue weighted by Gasteiger charge is -2.31. The van der Waals surface area contributed by atoms with Gasteiger partial charge in [-0.3, -0.25) is 9.59 Å². The van der Waals surface area contributed by atoms with Gasteiger partial charge in [-0.1, -0.05) is 0 Å². The van der Waals surface area contributed by atoms with Gasteiger partial charge in [0.15, 0.2) is 0 Å². The molecule has 1 saturated heterocycles. The van der Waals surface area contributed by atoms with E-state index in [1.807, 2.05) is 0 Å². The molecule has 2 aliphatic rings. The van der Waals surface area contributed by atoms with Gasteiger partial charge in [0.2, 0.25) is 5.91 Å². The Morgan fingerprint density at radius 3 is 2.55 bits per heavy atom. The smallest absolute Gasteiger partial charge is 0.222 e. The standard InChI is InChI=1S/C8H11NO2/c10-7-3-1-2-5(7)6-4-8(11)9-6/h5-6H,1-4H2,(H,9,11). The fraction of sp³-hybridized carbons (Fsp3) is 0.750. The second kappa shape index (κ2) is 2.32. The van der Waals surface area contributed by atoms with Crippen molar-refractivity contribution in [2.75, 3.05) is 0 Å². The summed E-state index contributed by atoms with van der Waals surface area (Å²) >= 11 is 0. The third kappa shape index (κ3) is 1.04. The van der Waals surface area contributed by atoms with E-state index in [0.29, 0.717) is 12.2 Å². The predicted molar refractivity (Wildman–Crippen MR) is 38.9 cm³/mol. The van der Waals surface area contributed by atoms with Gasteiger partial charge < -0.3 is 5.32 Å². The van der Waals surface area contributed by atoms with Gasteiger partial charge in [0.25, 0.3) is 0 Å². The number of carbonyl (C=O) groups is 2. The number of β-lactam (4-membered cyclic amide) rings is 1. The number of Topliss-reactive ketones (excluding diaryl/α,β-unsaturated/α-hetero) is 1. The number of hydrogen-bond donors (Lipinski definition) is 1. The Morgan fingerprint density at radius 1 is 1.36 bits per heavy atom. The summed E-state index contributed by atoms with van der Waals surface area (Å²) in [7, 11) is 0. The van der Waals surface area contributed by atoms with Crippen molar-refractivity contribution in [3.8, 4) is 0 Å². The van der Waals surface area contributed by atoms with Crippen LogP contribution in [0.5, 0.6) is 0 Å². The maximum absolute atomic E-state index is 11.2. The second-order valence-electron chi connectivity index (χ2n) is 3.34. The van der Waals surface area contributed by atoms with E-state index in [4.69, 9.17) is 0 Å². The van der Waals surface area contributed by atoms with E-state index in [9.17, 15) is 9.59 Å². The Hall–Kier alpha value is -0.860. The zero-order valence-corrected chi connectivity index (χ0v) is 6.30. The molecular formula is C8H11NO2. The summed E-state index contributed by atoms with van der Waals surface area (Å²) in [5.41, 5.74) is 0. The minimum atomic E-state index is 0.0923. The SMILES string of the molecule is O=C1CC(C2CCCC2=O)N1. The Balaban J connectivity index is 1.95. The average molecular weight is 153 g/mol. The fourth-order valence-corrected chi connectivity index (χ4v) is 1.90. The van der Waals surface area contributed by atoms with Gasteiger partial charge in [0, 0.05) is 24.8 Å².